The van der Waals surface area contributed by atoms with Gasteiger partial charge in [0, 0.05) is 35.6 Å². The maximum Gasteiger partial charge on any atom is 0.0457 e. The second-order valence-electron chi connectivity index (χ2n) is 12.9. The molecule has 0 saturated carbocycles. The van der Waals surface area contributed by atoms with E-state index in [1.54, 1.807) is 0 Å². The van der Waals surface area contributed by atoms with E-state index in [1.807, 2.05) is 0 Å². The average Bonchev–Trinajstić information content (AvgIpc) is 3.19. The van der Waals surface area contributed by atoms with E-state index in [1.165, 1.54) is 75.4 Å². The lowest BCUT2D eigenvalue weighted by atomic mass is 9.77. The van der Waals surface area contributed by atoms with Crippen molar-refractivity contribution in [2.75, 3.05) is 23.3 Å². The topological polar surface area (TPSA) is 15.3 Å². The summed E-state index contributed by atoms with van der Waals surface area (Å²) in [6, 6.07) is 26.9. The molecule has 0 radical (unpaired) electrons. The van der Waals surface area contributed by atoms with Crippen LogP contribution in [-0.2, 0) is 10.8 Å². The molecule has 2 nitrogen and oxygen atoms in total. The Morgan fingerprint density at radius 3 is 2.20 bits per heavy atom. The van der Waals surface area contributed by atoms with Gasteiger partial charge in [0.15, 0.2) is 0 Å². The van der Waals surface area contributed by atoms with Gasteiger partial charge in [-0.2, -0.15) is 0 Å². The molecular formula is C39H48N2. The zero-order valence-corrected chi connectivity index (χ0v) is 26.1. The standard InChI is InChI=1S/C39H48N2/c1-7-9-27-40-33-24-22-29-17-11-13-19-31(29)36(33)38(3,4)26-16-15-21-35-39(5,6)37-32-20-14-12-18-30(32)23-25-34(37)41(35)28-10-8-2/h11-25,40H,7-10,26-28H2,1-6H3/b16-15+,35-21+. The maximum absolute atomic E-state index is 3.77. The van der Waals surface area contributed by atoms with Crippen molar-refractivity contribution in [1.82, 2.24) is 0 Å². The second-order valence-corrected chi connectivity index (χ2v) is 12.9. The highest BCUT2D eigenvalue weighted by molar-refractivity contribution is 5.95. The molecule has 0 bridgehead atoms. The first-order valence-corrected chi connectivity index (χ1v) is 15.7. The van der Waals surface area contributed by atoms with Crippen LogP contribution in [0.3, 0.4) is 0 Å². The van der Waals surface area contributed by atoms with Gasteiger partial charge >= 0.3 is 0 Å². The smallest absolute Gasteiger partial charge is 0.0457 e. The van der Waals surface area contributed by atoms with E-state index in [9.17, 15) is 0 Å². The fourth-order valence-corrected chi connectivity index (χ4v) is 6.76. The molecule has 4 aromatic carbocycles. The van der Waals surface area contributed by atoms with E-state index in [0.29, 0.717) is 0 Å². The summed E-state index contributed by atoms with van der Waals surface area (Å²) in [6.45, 7) is 16.2. The molecule has 0 fully saturated rings. The lowest BCUT2D eigenvalue weighted by molar-refractivity contribution is 0.540. The van der Waals surface area contributed by atoms with Crippen molar-refractivity contribution in [3.8, 4) is 0 Å². The molecule has 1 aliphatic rings. The predicted molar refractivity (Wildman–Crippen MR) is 181 cm³/mol. The lowest BCUT2D eigenvalue weighted by Crippen LogP contribution is -2.27. The molecule has 0 saturated heterocycles. The predicted octanol–water partition coefficient (Wildman–Crippen LogP) is 10.9. The number of fused-ring (bicyclic) bond motifs is 4. The van der Waals surface area contributed by atoms with Crippen LogP contribution in [0.25, 0.3) is 21.5 Å². The summed E-state index contributed by atoms with van der Waals surface area (Å²) >= 11 is 0. The zero-order valence-electron chi connectivity index (χ0n) is 26.1. The molecule has 0 amide bonds. The summed E-state index contributed by atoms with van der Waals surface area (Å²) in [5, 5.41) is 9.14. The van der Waals surface area contributed by atoms with Gasteiger partial charge in [0.25, 0.3) is 0 Å². The Hall–Kier alpha value is -3.52. The zero-order chi connectivity index (χ0) is 29.0. The number of unbranched alkanes of at least 4 members (excludes halogenated alkanes) is 2. The monoisotopic (exact) mass is 544 g/mol. The molecule has 1 aliphatic heterocycles. The fraction of sp³-hybridized carbons (Fsp3) is 0.385. The van der Waals surface area contributed by atoms with Crippen molar-refractivity contribution in [2.24, 2.45) is 0 Å². The van der Waals surface area contributed by atoms with Crippen LogP contribution in [0.5, 0.6) is 0 Å². The van der Waals surface area contributed by atoms with Crippen LogP contribution in [0.15, 0.2) is 96.7 Å². The van der Waals surface area contributed by atoms with Crippen molar-refractivity contribution in [1.29, 1.82) is 0 Å². The molecule has 0 spiro atoms. The quantitative estimate of drug-likeness (QED) is 0.189. The van der Waals surface area contributed by atoms with Crippen LogP contribution in [-0.4, -0.2) is 13.1 Å². The summed E-state index contributed by atoms with van der Waals surface area (Å²) in [5.74, 6) is 0. The molecule has 1 heterocycles. The first-order chi connectivity index (χ1) is 19.8. The summed E-state index contributed by atoms with van der Waals surface area (Å²) in [7, 11) is 0. The molecular weight excluding hydrogens is 496 g/mol. The Kier molecular flexibility index (Phi) is 8.59. The van der Waals surface area contributed by atoms with Crippen molar-refractivity contribution in [3.63, 3.8) is 0 Å². The second kappa shape index (κ2) is 12.1. The molecule has 1 N–H and O–H groups in total. The normalized spacial score (nSPS) is 15.9. The number of nitrogens with zero attached hydrogens (tertiary/aromatic N) is 1. The molecule has 0 aromatic heterocycles. The van der Waals surface area contributed by atoms with Gasteiger partial charge in [-0.1, -0.05) is 127 Å². The van der Waals surface area contributed by atoms with Gasteiger partial charge in [0.2, 0.25) is 0 Å². The highest BCUT2D eigenvalue weighted by Gasteiger charge is 2.40. The van der Waals surface area contributed by atoms with E-state index in [0.717, 1.165) is 19.5 Å². The van der Waals surface area contributed by atoms with E-state index in [4.69, 9.17) is 0 Å². The Morgan fingerprint density at radius 1 is 0.805 bits per heavy atom. The number of nitrogens with one attached hydrogen (secondary N) is 1. The number of hydrogen-bond donors (Lipinski definition) is 1. The largest absolute Gasteiger partial charge is 0.385 e. The molecule has 0 aliphatic carbocycles. The number of allylic oxidation sites excluding steroid dienone is 4. The van der Waals surface area contributed by atoms with Crippen molar-refractivity contribution < 1.29 is 0 Å². The van der Waals surface area contributed by atoms with Gasteiger partial charge in [-0.15, -0.1) is 0 Å². The van der Waals surface area contributed by atoms with E-state index in [2.05, 4.69) is 143 Å². The summed E-state index contributed by atoms with van der Waals surface area (Å²) in [4.78, 5) is 2.58. The van der Waals surface area contributed by atoms with Crippen molar-refractivity contribution >= 4 is 32.9 Å². The molecule has 214 valence electrons. The first kappa shape index (κ1) is 29.0. The minimum Gasteiger partial charge on any atom is -0.385 e. The van der Waals surface area contributed by atoms with E-state index >= 15 is 0 Å². The Labute approximate surface area is 248 Å². The molecule has 41 heavy (non-hydrogen) atoms. The summed E-state index contributed by atoms with van der Waals surface area (Å²) in [6.07, 6.45) is 12.8. The van der Waals surface area contributed by atoms with Gasteiger partial charge in [-0.25, -0.2) is 0 Å². The third-order valence-electron chi connectivity index (χ3n) is 8.96. The third kappa shape index (κ3) is 5.67. The Morgan fingerprint density at radius 2 is 1.46 bits per heavy atom. The van der Waals surface area contributed by atoms with Crippen molar-refractivity contribution in [3.05, 3.63) is 108 Å². The molecule has 4 aromatic rings. The van der Waals surface area contributed by atoms with Crippen LogP contribution in [0.1, 0.15) is 84.8 Å². The highest BCUT2D eigenvalue weighted by Crippen LogP contribution is 2.51. The van der Waals surface area contributed by atoms with Crippen LogP contribution in [0.2, 0.25) is 0 Å². The molecule has 2 heteroatoms. The molecule has 5 rings (SSSR count). The maximum atomic E-state index is 3.77. The van der Waals surface area contributed by atoms with E-state index in [-0.39, 0.29) is 10.8 Å². The van der Waals surface area contributed by atoms with Gasteiger partial charge in [0.1, 0.15) is 0 Å². The molecule has 0 unspecified atom stereocenters. The minimum atomic E-state index is -0.0597. The minimum absolute atomic E-state index is 0.0172. The Balaban J connectivity index is 1.47. The number of rotatable bonds is 11. The van der Waals surface area contributed by atoms with Crippen LogP contribution >= 0.6 is 0 Å². The van der Waals surface area contributed by atoms with Crippen LogP contribution in [0, 0.1) is 0 Å². The van der Waals surface area contributed by atoms with Gasteiger partial charge in [-0.05, 0) is 75.6 Å². The average molecular weight is 545 g/mol. The third-order valence-corrected chi connectivity index (χ3v) is 8.96. The van der Waals surface area contributed by atoms with Crippen molar-refractivity contribution in [2.45, 2.75) is 84.5 Å². The van der Waals surface area contributed by atoms with Gasteiger partial charge < -0.3 is 10.2 Å². The lowest BCUT2D eigenvalue weighted by Gasteiger charge is -2.29. The Bertz CT molecular complexity index is 1570. The number of hydrogen-bond acceptors (Lipinski definition) is 2. The summed E-state index contributed by atoms with van der Waals surface area (Å²) < 4.78 is 0. The first-order valence-electron chi connectivity index (χ1n) is 15.7. The fourth-order valence-electron chi connectivity index (χ4n) is 6.76. The van der Waals surface area contributed by atoms with Crippen LogP contribution in [0.4, 0.5) is 11.4 Å². The number of anilines is 2. The van der Waals surface area contributed by atoms with Gasteiger partial charge in [0.05, 0.1) is 0 Å². The van der Waals surface area contributed by atoms with Gasteiger partial charge in [-0.3, -0.25) is 0 Å². The SMILES string of the molecule is CCCCNc1ccc2ccccc2c1C(C)(C)C/C=C/C=C1/N(CCCC)c2ccc3ccccc3c2C1(C)C. The number of benzene rings is 4. The van der Waals surface area contributed by atoms with E-state index < -0.39 is 0 Å². The highest BCUT2D eigenvalue weighted by atomic mass is 15.2. The summed E-state index contributed by atoms with van der Waals surface area (Å²) in [5.41, 5.74) is 6.86. The van der Waals surface area contributed by atoms with Crippen LogP contribution < -0.4 is 10.2 Å². The molecule has 0 atom stereocenters.